The number of carbonyl (C=O) groups is 1. The smallest absolute Gasteiger partial charge is 0.343 e. The Hall–Kier alpha value is -2.83. The standard InChI is InChI=1S/C19H22FN3O3/c1-13-12-22(16-7-5-4-6-15(16)20)10-11-23(13)17-9-8-14(19(24)26-3)18(21-17)25-2/h4-9,13H,10-12H2,1-3H3. The fourth-order valence-electron chi connectivity index (χ4n) is 3.24. The van der Waals surface area contributed by atoms with Gasteiger partial charge < -0.3 is 19.3 Å². The second-order valence-corrected chi connectivity index (χ2v) is 6.16. The van der Waals surface area contributed by atoms with Crippen molar-refractivity contribution in [2.24, 2.45) is 0 Å². The van der Waals surface area contributed by atoms with Gasteiger partial charge in [0.1, 0.15) is 17.2 Å². The summed E-state index contributed by atoms with van der Waals surface area (Å²) < 4.78 is 24.0. The highest BCUT2D eigenvalue weighted by molar-refractivity contribution is 5.92. The maximum Gasteiger partial charge on any atom is 0.343 e. The summed E-state index contributed by atoms with van der Waals surface area (Å²) in [6.07, 6.45) is 0. The number of aromatic nitrogens is 1. The van der Waals surface area contributed by atoms with Crippen molar-refractivity contribution in [2.75, 3.05) is 43.7 Å². The van der Waals surface area contributed by atoms with Crippen molar-refractivity contribution in [3.8, 4) is 5.88 Å². The van der Waals surface area contributed by atoms with Crippen molar-refractivity contribution >= 4 is 17.5 Å². The third-order valence-electron chi connectivity index (χ3n) is 4.56. The SMILES string of the molecule is COC(=O)c1ccc(N2CCN(c3ccccc3F)CC2C)nc1OC. The molecule has 2 aromatic rings. The Morgan fingerprint density at radius 2 is 1.96 bits per heavy atom. The normalized spacial score (nSPS) is 17.2. The zero-order valence-electron chi connectivity index (χ0n) is 15.1. The van der Waals surface area contributed by atoms with Crippen molar-refractivity contribution in [1.82, 2.24) is 4.98 Å². The third kappa shape index (κ3) is 3.42. The molecule has 1 atom stereocenters. The Bertz CT molecular complexity index is 799. The van der Waals surface area contributed by atoms with Crippen molar-refractivity contribution in [3.63, 3.8) is 0 Å². The number of para-hydroxylation sites is 1. The van der Waals surface area contributed by atoms with Gasteiger partial charge in [-0.15, -0.1) is 0 Å². The molecule has 26 heavy (non-hydrogen) atoms. The monoisotopic (exact) mass is 359 g/mol. The first-order valence-electron chi connectivity index (χ1n) is 8.44. The lowest BCUT2D eigenvalue weighted by molar-refractivity contribution is 0.0596. The summed E-state index contributed by atoms with van der Waals surface area (Å²) in [7, 11) is 2.79. The topological polar surface area (TPSA) is 54.9 Å². The van der Waals surface area contributed by atoms with E-state index in [-0.39, 0.29) is 23.3 Å². The largest absolute Gasteiger partial charge is 0.480 e. The van der Waals surface area contributed by atoms with Gasteiger partial charge >= 0.3 is 5.97 Å². The van der Waals surface area contributed by atoms with Crippen LogP contribution >= 0.6 is 0 Å². The van der Waals surface area contributed by atoms with Gasteiger partial charge in [0.05, 0.1) is 19.9 Å². The first kappa shape index (κ1) is 18.0. The Morgan fingerprint density at radius 1 is 1.19 bits per heavy atom. The predicted molar refractivity (Wildman–Crippen MR) is 97.5 cm³/mol. The van der Waals surface area contributed by atoms with E-state index in [0.29, 0.717) is 25.3 Å². The van der Waals surface area contributed by atoms with Crippen LogP contribution in [0.2, 0.25) is 0 Å². The molecule has 0 aliphatic carbocycles. The van der Waals surface area contributed by atoms with Gasteiger partial charge in [-0.3, -0.25) is 0 Å². The lowest BCUT2D eigenvalue weighted by atomic mass is 10.1. The summed E-state index contributed by atoms with van der Waals surface area (Å²) >= 11 is 0. The van der Waals surface area contributed by atoms with Crippen LogP contribution in [0.1, 0.15) is 17.3 Å². The van der Waals surface area contributed by atoms with E-state index in [9.17, 15) is 9.18 Å². The lowest BCUT2D eigenvalue weighted by Gasteiger charge is -2.41. The molecule has 0 bridgehead atoms. The van der Waals surface area contributed by atoms with E-state index in [1.54, 1.807) is 24.3 Å². The number of methoxy groups -OCH3 is 2. The predicted octanol–water partition coefficient (Wildman–Crippen LogP) is 2.73. The maximum absolute atomic E-state index is 14.0. The fraction of sp³-hybridized carbons (Fsp3) is 0.368. The summed E-state index contributed by atoms with van der Waals surface area (Å²) in [5.74, 6) is 0.252. The van der Waals surface area contributed by atoms with E-state index in [4.69, 9.17) is 9.47 Å². The van der Waals surface area contributed by atoms with E-state index in [2.05, 4.69) is 16.8 Å². The van der Waals surface area contributed by atoms with E-state index >= 15 is 0 Å². The highest BCUT2D eigenvalue weighted by Crippen LogP contribution is 2.27. The average Bonchev–Trinajstić information content (AvgIpc) is 2.67. The molecule has 0 amide bonds. The van der Waals surface area contributed by atoms with Crippen LogP contribution in [0.4, 0.5) is 15.9 Å². The van der Waals surface area contributed by atoms with Crippen LogP contribution in [-0.2, 0) is 4.74 Å². The number of halogens is 1. The van der Waals surface area contributed by atoms with Gasteiger partial charge in [-0.05, 0) is 31.2 Å². The van der Waals surface area contributed by atoms with Crippen LogP contribution < -0.4 is 14.5 Å². The number of rotatable bonds is 4. The molecule has 1 unspecified atom stereocenters. The van der Waals surface area contributed by atoms with Gasteiger partial charge in [-0.25, -0.2) is 9.18 Å². The van der Waals surface area contributed by atoms with Crippen LogP contribution in [0.25, 0.3) is 0 Å². The zero-order valence-corrected chi connectivity index (χ0v) is 15.1. The van der Waals surface area contributed by atoms with Gasteiger partial charge in [0.2, 0.25) is 5.88 Å². The Labute approximate surface area is 152 Å². The minimum absolute atomic E-state index is 0.115. The number of carbonyl (C=O) groups excluding carboxylic acids is 1. The summed E-state index contributed by atoms with van der Waals surface area (Å²) in [6, 6.07) is 10.4. The average molecular weight is 359 g/mol. The first-order chi connectivity index (χ1) is 12.5. The molecule has 3 rings (SSSR count). The lowest BCUT2D eigenvalue weighted by Crippen LogP contribution is -2.52. The third-order valence-corrected chi connectivity index (χ3v) is 4.56. The van der Waals surface area contributed by atoms with E-state index < -0.39 is 5.97 Å². The van der Waals surface area contributed by atoms with Crippen molar-refractivity contribution in [1.29, 1.82) is 0 Å². The van der Waals surface area contributed by atoms with Crippen LogP contribution in [0.15, 0.2) is 36.4 Å². The van der Waals surface area contributed by atoms with Gasteiger partial charge in [-0.2, -0.15) is 4.98 Å². The highest BCUT2D eigenvalue weighted by atomic mass is 19.1. The molecule has 7 heteroatoms. The van der Waals surface area contributed by atoms with Crippen LogP contribution in [0, 0.1) is 5.82 Å². The summed E-state index contributed by atoms with van der Waals surface area (Å²) in [4.78, 5) is 20.4. The van der Waals surface area contributed by atoms with E-state index in [1.807, 2.05) is 11.0 Å². The molecule has 0 N–H and O–H groups in total. The summed E-state index contributed by atoms with van der Waals surface area (Å²) in [5.41, 5.74) is 0.905. The van der Waals surface area contributed by atoms with Gasteiger partial charge in [-0.1, -0.05) is 12.1 Å². The fourth-order valence-corrected chi connectivity index (χ4v) is 3.24. The maximum atomic E-state index is 14.0. The number of piperazine rings is 1. The summed E-state index contributed by atoms with van der Waals surface area (Å²) in [6.45, 7) is 4.09. The van der Waals surface area contributed by atoms with Crippen molar-refractivity contribution in [3.05, 3.63) is 47.8 Å². The van der Waals surface area contributed by atoms with Gasteiger partial charge in [0, 0.05) is 25.7 Å². The number of esters is 1. The molecular formula is C19H22FN3O3. The number of hydrogen-bond acceptors (Lipinski definition) is 6. The number of benzene rings is 1. The zero-order chi connectivity index (χ0) is 18.7. The molecule has 1 aromatic heterocycles. The minimum Gasteiger partial charge on any atom is -0.480 e. The number of pyridine rings is 1. The number of hydrogen-bond donors (Lipinski definition) is 0. The number of anilines is 2. The molecule has 0 saturated carbocycles. The molecule has 0 spiro atoms. The molecule has 1 aliphatic heterocycles. The molecule has 1 saturated heterocycles. The molecular weight excluding hydrogens is 337 g/mol. The molecule has 1 fully saturated rings. The van der Waals surface area contributed by atoms with Gasteiger partial charge in [0.25, 0.3) is 0 Å². The Balaban J connectivity index is 1.79. The van der Waals surface area contributed by atoms with E-state index in [0.717, 1.165) is 5.82 Å². The minimum atomic E-state index is -0.488. The second-order valence-electron chi connectivity index (χ2n) is 6.16. The van der Waals surface area contributed by atoms with E-state index in [1.165, 1.54) is 20.3 Å². The van der Waals surface area contributed by atoms with Crippen molar-refractivity contribution < 1.29 is 18.7 Å². The number of ether oxygens (including phenoxy) is 2. The first-order valence-corrected chi connectivity index (χ1v) is 8.44. The molecule has 0 radical (unpaired) electrons. The van der Waals surface area contributed by atoms with Crippen LogP contribution in [-0.4, -0.2) is 50.8 Å². The Morgan fingerprint density at radius 3 is 2.62 bits per heavy atom. The van der Waals surface area contributed by atoms with Crippen LogP contribution in [0.3, 0.4) is 0 Å². The second kappa shape index (κ2) is 7.59. The molecule has 6 nitrogen and oxygen atoms in total. The van der Waals surface area contributed by atoms with Crippen molar-refractivity contribution in [2.45, 2.75) is 13.0 Å². The highest BCUT2D eigenvalue weighted by Gasteiger charge is 2.27. The molecule has 1 aliphatic rings. The molecule has 2 heterocycles. The molecule has 1 aromatic carbocycles. The Kier molecular flexibility index (Phi) is 5.25. The molecule has 138 valence electrons. The quantitative estimate of drug-likeness (QED) is 0.783. The summed E-state index contributed by atoms with van der Waals surface area (Å²) in [5, 5.41) is 0. The van der Waals surface area contributed by atoms with Gasteiger partial charge in [0.15, 0.2) is 0 Å². The van der Waals surface area contributed by atoms with Crippen LogP contribution in [0.5, 0.6) is 5.88 Å². The number of nitrogens with zero attached hydrogens (tertiary/aromatic N) is 3.